The molecule has 1 saturated heterocycles. The monoisotopic (exact) mass is 398 g/mol. The molecule has 2 N–H and O–H groups in total. The zero-order chi connectivity index (χ0) is 20.5. The number of anilines is 1. The maximum Gasteiger partial charge on any atom is 0.204 e. The van der Waals surface area contributed by atoms with E-state index < -0.39 is 5.43 Å². The van der Waals surface area contributed by atoms with Crippen molar-refractivity contribution in [1.29, 1.82) is 0 Å². The Kier molecular flexibility index (Phi) is 5.04. The van der Waals surface area contributed by atoms with Crippen LogP contribution >= 0.6 is 0 Å². The number of phenolic OH excluding ortho intramolecular Hbond substituents is 2. The van der Waals surface area contributed by atoms with Gasteiger partial charge in [-0.25, -0.2) is 5.01 Å². The molecule has 4 rings (SSSR count). The molecule has 29 heavy (non-hydrogen) atoms. The molecule has 0 spiro atoms. The number of phenols is 2. The predicted octanol–water partition coefficient (Wildman–Crippen LogP) is 2.56. The van der Waals surface area contributed by atoms with Crippen molar-refractivity contribution in [3.63, 3.8) is 0 Å². The maximum absolute atomic E-state index is 12.6. The topological polar surface area (TPSA) is 95.6 Å². The van der Waals surface area contributed by atoms with Gasteiger partial charge < -0.3 is 29.1 Å². The van der Waals surface area contributed by atoms with Crippen molar-refractivity contribution in [3.8, 4) is 28.6 Å². The molecule has 0 bridgehead atoms. The molecule has 1 fully saturated rings. The molecule has 0 aliphatic carbocycles. The average Bonchev–Trinajstić information content (AvgIpc) is 2.73. The smallest absolute Gasteiger partial charge is 0.204 e. The van der Waals surface area contributed by atoms with Crippen LogP contribution in [0.25, 0.3) is 22.3 Å². The number of ether oxygens (including phenoxy) is 2. The lowest BCUT2D eigenvalue weighted by Gasteiger charge is -2.36. The highest BCUT2D eigenvalue weighted by molar-refractivity contribution is 5.91. The van der Waals surface area contributed by atoms with Gasteiger partial charge in [-0.2, -0.15) is 0 Å². The van der Waals surface area contributed by atoms with Crippen molar-refractivity contribution in [3.05, 3.63) is 46.6 Å². The maximum atomic E-state index is 12.6. The van der Waals surface area contributed by atoms with Gasteiger partial charge in [0.1, 0.15) is 16.9 Å². The first-order valence-corrected chi connectivity index (χ1v) is 9.23. The SMILES string of the molecule is COc1c(O)cc(O)c2c(=O)cc(-c3ccc(N(C)N4CCOCC4)cc3)oc12. The Labute approximate surface area is 167 Å². The Balaban J connectivity index is 1.72. The van der Waals surface area contributed by atoms with Crippen molar-refractivity contribution in [2.45, 2.75) is 0 Å². The largest absolute Gasteiger partial charge is 0.507 e. The molecule has 0 saturated carbocycles. The lowest BCUT2D eigenvalue weighted by molar-refractivity contribution is 0.0347. The number of methoxy groups -OCH3 is 1. The van der Waals surface area contributed by atoms with Crippen molar-refractivity contribution in [2.75, 3.05) is 45.5 Å². The number of hydrogen-bond acceptors (Lipinski definition) is 8. The molecule has 8 nitrogen and oxygen atoms in total. The summed E-state index contributed by atoms with van der Waals surface area (Å²) in [6, 6.07) is 9.96. The number of fused-ring (bicyclic) bond motifs is 1. The van der Waals surface area contributed by atoms with Gasteiger partial charge in [-0.3, -0.25) is 4.79 Å². The van der Waals surface area contributed by atoms with Gasteiger partial charge in [-0.05, 0) is 24.3 Å². The van der Waals surface area contributed by atoms with Crippen molar-refractivity contribution < 1.29 is 24.1 Å². The summed E-state index contributed by atoms with van der Waals surface area (Å²) in [6.07, 6.45) is 0. The van der Waals surface area contributed by atoms with Crippen molar-refractivity contribution >= 4 is 16.7 Å². The molecule has 0 atom stereocenters. The molecule has 2 heterocycles. The third-order valence-corrected chi connectivity index (χ3v) is 5.06. The van der Waals surface area contributed by atoms with E-state index >= 15 is 0 Å². The van der Waals surface area contributed by atoms with Gasteiger partial charge in [0.05, 0.1) is 26.0 Å². The summed E-state index contributed by atoms with van der Waals surface area (Å²) in [6.45, 7) is 3.05. The van der Waals surface area contributed by atoms with Gasteiger partial charge in [-0.1, -0.05) is 0 Å². The van der Waals surface area contributed by atoms with Crippen LogP contribution in [0.1, 0.15) is 0 Å². The second kappa shape index (κ2) is 7.65. The number of rotatable bonds is 4. The van der Waals surface area contributed by atoms with Crippen LogP contribution in [-0.2, 0) is 4.74 Å². The normalized spacial score (nSPS) is 14.8. The molecule has 3 aromatic rings. The minimum Gasteiger partial charge on any atom is -0.507 e. The summed E-state index contributed by atoms with van der Waals surface area (Å²) in [5.74, 6) is -0.354. The molecular formula is C21H22N2O6. The fourth-order valence-corrected chi connectivity index (χ4v) is 3.48. The Bertz CT molecular complexity index is 1090. The first kappa shape index (κ1) is 19.1. The fourth-order valence-electron chi connectivity index (χ4n) is 3.48. The van der Waals surface area contributed by atoms with Gasteiger partial charge >= 0.3 is 0 Å². The van der Waals surface area contributed by atoms with Crippen LogP contribution in [0.15, 0.2) is 45.6 Å². The van der Waals surface area contributed by atoms with E-state index in [4.69, 9.17) is 13.9 Å². The molecule has 2 aromatic carbocycles. The molecule has 1 aliphatic heterocycles. The van der Waals surface area contributed by atoms with E-state index in [1.165, 1.54) is 13.2 Å². The second-order valence-electron chi connectivity index (χ2n) is 6.76. The Hall–Kier alpha value is -3.23. The molecule has 0 radical (unpaired) electrons. The van der Waals surface area contributed by atoms with Gasteiger partial charge in [0.25, 0.3) is 0 Å². The minimum absolute atomic E-state index is 0.000390. The van der Waals surface area contributed by atoms with Crippen molar-refractivity contribution in [2.24, 2.45) is 0 Å². The fraction of sp³-hybridized carbons (Fsp3) is 0.286. The van der Waals surface area contributed by atoms with Gasteiger partial charge in [-0.15, -0.1) is 0 Å². The van der Waals surface area contributed by atoms with Crippen LogP contribution in [0.2, 0.25) is 0 Å². The Morgan fingerprint density at radius 2 is 1.76 bits per heavy atom. The van der Waals surface area contributed by atoms with Crippen molar-refractivity contribution in [1.82, 2.24) is 5.01 Å². The Morgan fingerprint density at radius 1 is 1.07 bits per heavy atom. The highest BCUT2D eigenvalue weighted by Crippen LogP contribution is 2.40. The highest BCUT2D eigenvalue weighted by atomic mass is 16.5. The zero-order valence-electron chi connectivity index (χ0n) is 16.2. The number of benzene rings is 2. The van der Waals surface area contributed by atoms with E-state index in [2.05, 4.69) is 10.0 Å². The van der Waals surface area contributed by atoms with Crippen LogP contribution in [0.5, 0.6) is 17.2 Å². The number of hydrazine groups is 1. The molecule has 1 aliphatic rings. The molecule has 8 heteroatoms. The Morgan fingerprint density at radius 3 is 2.41 bits per heavy atom. The number of hydrogen-bond donors (Lipinski definition) is 2. The van der Waals surface area contributed by atoms with Crippen LogP contribution in [-0.4, -0.2) is 55.7 Å². The third-order valence-electron chi connectivity index (χ3n) is 5.06. The quantitative estimate of drug-likeness (QED) is 0.692. The summed E-state index contributed by atoms with van der Waals surface area (Å²) in [5.41, 5.74) is 1.26. The lowest BCUT2D eigenvalue weighted by atomic mass is 10.1. The highest BCUT2D eigenvalue weighted by Gasteiger charge is 2.19. The van der Waals surface area contributed by atoms with Gasteiger partial charge in [0, 0.05) is 37.8 Å². The number of morpholine rings is 1. The first-order chi connectivity index (χ1) is 14.0. The summed E-state index contributed by atoms with van der Waals surface area (Å²) in [5, 5.41) is 24.3. The first-order valence-electron chi connectivity index (χ1n) is 9.23. The van der Waals surface area contributed by atoms with E-state index in [9.17, 15) is 15.0 Å². The summed E-state index contributed by atoms with van der Waals surface area (Å²) < 4.78 is 16.4. The molecular weight excluding hydrogens is 376 g/mol. The number of nitrogens with zero attached hydrogens (tertiary/aromatic N) is 2. The van der Waals surface area contributed by atoms with Crippen LogP contribution in [0.3, 0.4) is 0 Å². The van der Waals surface area contributed by atoms with E-state index in [-0.39, 0.29) is 28.2 Å². The van der Waals surface area contributed by atoms with E-state index in [0.717, 1.165) is 24.8 Å². The van der Waals surface area contributed by atoms with Crippen LogP contribution in [0, 0.1) is 0 Å². The van der Waals surface area contributed by atoms with E-state index in [1.807, 2.05) is 31.3 Å². The van der Waals surface area contributed by atoms with Gasteiger partial charge in [0.2, 0.25) is 5.75 Å². The van der Waals surface area contributed by atoms with Crippen LogP contribution in [0.4, 0.5) is 5.69 Å². The average molecular weight is 398 g/mol. The summed E-state index contributed by atoms with van der Waals surface area (Å²) in [4.78, 5) is 12.6. The molecule has 152 valence electrons. The van der Waals surface area contributed by atoms with Crippen LogP contribution < -0.4 is 15.2 Å². The summed E-state index contributed by atoms with van der Waals surface area (Å²) >= 11 is 0. The summed E-state index contributed by atoms with van der Waals surface area (Å²) in [7, 11) is 3.35. The molecule has 0 unspecified atom stereocenters. The minimum atomic E-state index is -0.424. The van der Waals surface area contributed by atoms with E-state index in [0.29, 0.717) is 24.5 Å². The second-order valence-corrected chi connectivity index (χ2v) is 6.76. The molecule has 1 aromatic heterocycles. The van der Waals surface area contributed by atoms with E-state index in [1.54, 1.807) is 0 Å². The third kappa shape index (κ3) is 3.48. The standard InChI is InChI=1S/C21H22N2O6/c1-22(23-7-9-28-10-8-23)14-5-3-13(4-6-14)18-12-16(25)19-15(24)11-17(26)20(27-2)21(19)29-18/h3-6,11-12,24,26H,7-10H2,1-2H3. The zero-order valence-corrected chi connectivity index (χ0v) is 16.2. The number of aromatic hydroxyl groups is 2. The van der Waals surface area contributed by atoms with Gasteiger partial charge in [0.15, 0.2) is 16.8 Å². The lowest BCUT2D eigenvalue weighted by Crippen LogP contribution is -2.46. The predicted molar refractivity (Wildman–Crippen MR) is 109 cm³/mol. The molecule has 0 amide bonds.